The van der Waals surface area contributed by atoms with Gasteiger partial charge >= 0.3 is 0 Å². The third kappa shape index (κ3) is 3.55. The fourth-order valence-corrected chi connectivity index (χ4v) is 3.71. The fraction of sp³-hybridized carbons (Fsp3) is 0.417. The Bertz CT molecular complexity index is 588. The number of benzene rings is 1. The Hall–Kier alpha value is -0.920. The molecule has 2 rings (SSSR count). The Morgan fingerprint density at radius 1 is 1.47 bits per heavy atom. The monoisotopic (exact) mass is 346 g/mol. The van der Waals surface area contributed by atoms with Gasteiger partial charge < -0.3 is 5.32 Å². The van der Waals surface area contributed by atoms with E-state index in [0.29, 0.717) is 25.1 Å². The standard InChI is InChI=1S/C12H15BrN2O3S/c1-19(17,18)15-7-3-6-11(15)12(16)14-10-5-2-4-9(13)8-10/h2,4-5,8,11H,3,6-7H2,1H3,(H,14,16). The molecule has 1 aliphatic rings. The van der Waals surface area contributed by atoms with E-state index in [1.54, 1.807) is 12.1 Å². The Balaban J connectivity index is 2.12. The van der Waals surface area contributed by atoms with Crippen molar-refractivity contribution >= 4 is 37.5 Å². The van der Waals surface area contributed by atoms with Crippen LogP contribution in [-0.4, -0.2) is 37.5 Å². The van der Waals surface area contributed by atoms with E-state index in [-0.39, 0.29) is 5.91 Å². The molecule has 1 N–H and O–H groups in total. The molecule has 104 valence electrons. The molecule has 7 heteroatoms. The molecule has 0 saturated carbocycles. The largest absolute Gasteiger partial charge is 0.325 e. The maximum atomic E-state index is 12.2. The van der Waals surface area contributed by atoms with Gasteiger partial charge in [0.25, 0.3) is 0 Å². The van der Waals surface area contributed by atoms with Crippen molar-refractivity contribution in [1.82, 2.24) is 4.31 Å². The third-order valence-corrected chi connectivity index (χ3v) is 4.81. The Morgan fingerprint density at radius 3 is 2.84 bits per heavy atom. The summed E-state index contributed by atoms with van der Waals surface area (Å²) in [6.07, 6.45) is 2.41. The van der Waals surface area contributed by atoms with Crippen molar-refractivity contribution in [1.29, 1.82) is 0 Å². The number of amides is 1. The number of hydrogen-bond acceptors (Lipinski definition) is 3. The number of hydrogen-bond donors (Lipinski definition) is 1. The minimum Gasteiger partial charge on any atom is -0.325 e. The Labute approximate surface area is 121 Å². The Kier molecular flexibility index (Phi) is 4.27. The van der Waals surface area contributed by atoms with Gasteiger partial charge in [0.15, 0.2) is 0 Å². The summed E-state index contributed by atoms with van der Waals surface area (Å²) in [5.41, 5.74) is 0.653. The Morgan fingerprint density at radius 2 is 2.21 bits per heavy atom. The molecule has 5 nitrogen and oxygen atoms in total. The van der Waals surface area contributed by atoms with Gasteiger partial charge in [0.1, 0.15) is 6.04 Å². The normalized spacial score (nSPS) is 20.4. The maximum absolute atomic E-state index is 12.2. The average molecular weight is 347 g/mol. The van der Waals surface area contributed by atoms with E-state index in [1.807, 2.05) is 12.1 Å². The van der Waals surface area contributed by atoms with E-state index in [4.69, 9.17) is 0 Å². The highest BCUT2D eigenvalue weighted by Crippen LogP contribution is 2.22. The lowest BCUT2D eigenvalue weighted by Gasteiger charge is -2.21. The fourth-order valence-electron chi connectivity index (χ4n) is 2.19. The lowest BCUT2D eigenvalue weighted by atomic mass is 10.2. The van der Waals surface area contributed by atoms with Gasteiger partial charge in [-0.25, -0.2) is 8.42 Å². The van der Waals surface area contributed by atoms with Crippen molar-refractivity contribution in [2.24, 2.45) is 0 Å². The summed E-state index contributed by atoms with van der Waals surface area (Å²) < 4.78 is 25.3. The van der Waals surface area contributed by atoms with E-state index >= 15 is 0 Å². The van der Waals surface area contributed by atoms with Crippen molar-refractivity contribution in [3.63, 3.8) is 0 Å². The van der Waals surface area contributed by atoms with Crippen LogP contribution in [0.2, 0.25) is 0 Å². The molecule has 0 radical (unpaired) electrons. The number of nitrogens with zero attached hydrogens (tertiary/aromatic N) is 1. The molecule has 19 heavy (non-hydrogen) atoms. The molecule has 1 heterocycles. The van der Waals surface area contributed by atoms with Crippen molar-refractivity contribution < 1.29 is 13.2 Å². The molecule has 0 spiro atoms. The smallest absolute Gasteiger partial charge is 0.242 e. The first-order chi connectivity index (χ1) is 8.88. The molecule has 1 saturated heterocycles. The second-order valence-electron chi connectivity index (χ2n) is 4.53. The quantitative estimate of drug-likeness (QED) is 0.907. The summed E-state index contributed by atoms with van der Waals surface area (Å²) in [5.74, 6) is -0.277. The minimum absolute atomic E-state index is 0.277. The van der Waals surface area contributed by atoms with Gasteiger partial charge in [0, 0.05) is 16.7 Å². The molecule has 1 fully saturated rings. The van der Waals surface area contributed by atoms with Crippen molar-refractivity contribution in [3.8, 4) is 0 Å². The second-order valence-corrected chi connectivity index (χ2v) is 7.38. The second kappa shape index (κ2) is 5.60. The van der Waals surface area contributed by atoms with Crippen LogP contribution in [0, 0.1) is 0 Å². The maximum Gasteiger partial charge on any atom is 0.242 e. The molecule has 0 aromatic heterocycles. The topological polar surface area (TPSA) is 66.5 Å². The van der Waals surface area contributed by atoms with E-state index in [1.165, 1.54) is 4.31 Å². The minimum atomic E-state index is -3.33. The summed E-state index contributed by atoms with van der Waals surface area (Å²) in [4.78, 5) is 12.2. The zero-order valence-corrected chi connectivity index (χ0v) is 12.9. The SMILES string of the molecule is CS(=O)(=O)N1CCCC1C(=O)Nc1cccc(Br)c1. The van der Waals surface area contributed by atoms with Crippen molar-refractivity contribution in [2.75, 3.05) is 18.1 Å². The van der Waals surface area contributed by atoms with Crippen molar-refractivity contribution in [3.05, 3.63) is 28.7 Å². The van der Waals surface area contributed by atoms with Crippen LogP contribution >= 0.6 is 15.9 Å². The zero-order valence-electron chi connectivity index (χ0n) is 10.5. The highest BCUT2D eigenvalue weighted by molar-refractivity contribution is 9.10. The number of carbonyl (C=O) groups is 1. The van der Waals surface area contributed by atoms with Crippen molar-refractivity contribution in [2.45, 2.75) is 18.9 Å². The van der Waals surface area contributed by atoms with E-state index in [9.17, 15) is 13.2 Å². The van der Waals surface area contributed by atoms with Crippen LogP contribution in [0.5, 0.6) is 0 Å². The third-order valence-electron chi connectivity index (χ3n) is 3.02. The molecule has 1 atom stereocenters. The van der Waals surface area contributed by atoms with Crippen LogP contribution in [0.25, 0.3) is 0 Å². The van der Waals surface area contributed by atoms with Gasteiger partial charge in [-0.2, -0.15) is 4.31 Å². The summed E-state index contributed by atoms with van der Waals surface area (Å²) in [6, 6.07) is 6.60. The number of nitrogens with one attached hydrogen (secondary N) is 1. The predicted octanol–water partition coefficient (Wildman–Crippen LogP) is 1.81. The predicted molar refractivity (Wildman–Crippen MR) is 77.3 cm³/mol. The van der Waals surface area contributed by atoms with Gasteiger partial charge in [-0.05, 0) is 31.0 Å². The zero-order chi connectivity index (χ0) is 14.0. The first kappa shape index (κ1) is 14.5. The molecule has 1 aliphatic heterocycles. The summed E-state index contributed by atoms with van der Waals surface area (Å²) in [6.45, 7) is 0.412. The number of halogens is 1. The lowest BCUT2D eigenvalue weighted by Crippen LogP contribution is -2.42. The van der Waals surface area contributed by atoms with Crippen LogP contribution in [0.3, 0.4) is 0 Å². The number of sulfonamides is 1. The van der Waals surface area contributed by atoms with Crippen LogP contribution in [-0.2, 0) is 14.8 Å². The van der Waals surface area contributed by atoms with Crippen LogP contribution < -0.4 is 5.32 Å². The number of rotatable bonds is 3. The number of anilines is 1. The lowest BCUT2D eigenvalue weighted by molar-refractivity contribution is -0.119. The molecular formula is C12H15BrN2O3S. The summed E-state index contributed by atoms with van der Waals surface area (Å²) >= 11 is 3.32. The van der Waals surface area contributed by atoms with E-state index < -0.39 is 16.1 Å². The summed E-state index contributed by atoms with van der Waals surface area (Å²) in [7, 11) is -3.33. The van der Waals surface area contributed by atoms with Gasteiger partial charge in [0.2, 0.25) is 15.9 Å². The average Bonchev–Trinajstić information content (AvgIpc) is 2.77. The molecule has 1 aromatic rings. The summed E-state index contributed by atoms with van der Waals surface area (Å²) in [5, 5.41) is 2.75. The highest BCUT2D eigenvalue weighted by atomic mass is 79.9. The van der Waals surface area contributed by atoms with Crippen LogP contribution in [0.4, 0.5) is 5.69 Å². The van der Waals surface area contributed by atoms with Gasteiger partial charge in [-0.1, -0.05) is 22.0 Å². The molecule has 0 bridgehead atoms. The molecule has 0 aliphatic carbocycles. The van der Waals surface area contributed by atoms with Crippen LogP contribution in [0.15, 0.2) is 28.7 Å². The van der Waals surface area contributed by atoms with E-state index in [2.05, 4.69) is 21.2 Å². The number of carbonyl (C=O) groups excluding carboxylic acids is 1. The van der Waals surface area contributed by atoms with Crippen LogP contribution in [0.1, 0.15) is 12.8 Å². The highest BCUT2D eigenvalue weighted by Gasteiger charge is 2.36. The van der Waals surface area contributed by atoms with E-state index in [0.717, 1.165) is 10.7 Å². The van der Waals surface area contributed by atoms with Gasteiger partial charge in [-0.3, -0.25) is 4.79 Å². The first-order valence-electron chi connectivity index (χ1n) is 5.91. The molecule has 1 aromatic carbocycles. The molecular weight excluding hydrogens is 332 g/mol. The first-order valence-corrected chi connectivity index (χ1v) is 8.55. The molecule has 1 amide bonds. The molecule has 1 unspecified atom stereocenters. The van der Waals surface area contributed by atoms with Gasteiger partial charge in [0.05, 0.1) is 6.26 Å². The van der Waals surface area contributed by atoms with Gasteiger partial charge in [-0.15, -0.1) is 0 Å².